The van der Waals surface area contributed by atoms with Gasteiger partial charge >= 0.3 is 0 Å². The average molecular weight is 291 g/mol. The summed E-state index contributed by atoms with van der Waals surface area (Å²) in [7, 11) is 1.66. The number of aliphatic hydroxyl groups excluding tert-OH is 1. The van der Waals surface area contributed by atoms with Crippen LogP contribution in [0.4, 0.5) is 0 Å². The van der Waals surface area contributed by atoms with Crippen molar-refractivity contribution in [2.24, 2.45) is 5.73 Å². The summed E-state index contributed by atoms with van der Waals surface area (Å²) in [4.78, 5) is 0.986. The molecule has 2 atom stereocenters. The van der Waals surface area contributed by atoms with E-state index in [1.54, 1.807) is 18.4 Å². The van der Waals surface area contributed by atoms with Gasteiger partial charge in [-0.15, -0.1) is 11.3 Å². The maximum atomic E-state index is 10.6. The average Bonchev–Trinajstić information content (AvgIpc) is 2.87. The first kappa shape index (κ1) is 15.0. The zero-order valence-electron chi connectivity index (χ0n) is 12.1. The summed E-state index contributed by atoms with van der Waals surface area (Å²) in [5.74, 6) is 0.706. The number of rotatable bonds is 5. The van der Waals surface area contributed by atoms with E-state index in [4.69, 9.17) is 10.5 Å². The van der Waals surface area contributed by atoms with E-state index in [9.17, 15) is 5.11 Å². The van der Waals surface area contributed by atoms with E-state index in [2.05, 4.69) is 0 Å². The Labute approximate surface area is 124 Å². The highest BCUT2D eigenvalue weighted by molar-refractivity contribution is 7.10. The van der Waals surface area contributed by atoms with Gasteiger partial charge in [0, 0.05) is 17.3 Å². The number of hydrogen-bond acceptors (Lipinski definition) is 4. The topological polar surface area (TPSA) is 55.5 Å². The van der Waals surface area contributed by atoms with E-state index < -0.39 is 6.10 Å². The van der Waals surface area contributed by atoms with Crippen LogP contribution in [0.3, 0.4) is 0 Å². The van der Waals surface area contributed by atoms with Gasteiger partial charge < -0.3 is 15.6 Å². The summed E-state index contributed by atoms with van der Waals surface area (Å²) < 4.78 is 5.35. The van der Waals surface area contributed by atoms with E-state index in [1.165, 1.54) is 0 Å². The van der Waals surface area contributed by atoms with Crippen LogP contribution in [0.25, 0.3) is 0 Å². The van der Waals surface area contributed by atoms with Crippen molar-refractivity contribution >= 4 is 11.3 Å². The van der Waals surface area contributed by atoms with Crippen LogP contribution in [0.1, 0.15) is 33.6 Å². The molecular formula is C16H21NO2S. The molecule has 0 bridgehead atoms. The zero-order chi connectivity index (χ0) is 14.7. The minimum Gasteiger partial charge on any atom is -0.496 e. The van der Waals surface area contributed by atoms with Crippen molar-refractivity contribution in [1.82, 2.24) is 0 Å². The number of methoxy groups -OCH3 is 1. The van der Waals surface area contributed by atoms with Crippen molar-refractivity contribution in [3.05, 3.63) is 51.2 Å². The largest absolute Gasteiger partial charge is 0.496 e. The van der Waals surface area contributed by atoms with Gasteiger partial charge in [0.15, 0.2) is 0 Å². The third kappa shape index (κ3) is 2.87. The molecule has 3 nitrogen and oxygen atoms in total. The quantitative estimate of drug-likeness (QED) is 0.889. The van der Waals surface area contributed by atoms with Crippen molar-refractivity contribution in [1.29, 1.82) is 0 Å². The first-order valence-corrected chi connectivity index (χ1v) is 7.53. The molecule has 0 aliphatic carbocycles. The monoisotopic (exact) mass is 291 g/mol. The number of hydrogen-bond donors (Lipinski definition) is 2. The van der Waals surface area contributed by atoms with Crippen LogP contribution in [-0.4, -0.2) is 18.8 Å². The standard InChI is InChI=1S/C16H21NO2S/c1-10-4-5-12(8-14(10)19-3)13(9-17)15(18)16-11(2)6-7-20-16/h4-8,13,15,18H,9,17H2,1-3H3. The third-order valence-electron chi connectivity index (χ3n) is 3.67. The summed E-state index contributed by atoms with van der Waals surface area (Å²) in [5.41, 5.74) is 9.09. The Bertz CT molecular complexity index is 580. The second kappa shape index (κ2) is 6.39. The predicted molar refractivity (Wildman–Crippen MR) is 83.5 cm³/mol. The van der Waals surface area contributed by atoms with Crippen molar-refractivity contribution in [3.8, 4) is 5.75 Å². The first-order chi connectivity index (χ1) is 9.58. The van der Waals surface area contributed by atoms with Gasteiger partial charge in [-0.2, -0.15) is 0 Å². The number of benzene rings is 1. The molecular weight excluding hydrogens is 270 g/mol. The fourth-order valence-electron chi connectivity index (χ4n) is 2.38. The molecule has 4 heteroatoms. The van der Waals surface area contributed by atoms with Gasteiger partial charge in [-0.05, 0) is 48.1 Å². The second-order valence-corrected chi connectivity index (χ2v) is 5.93. The molecule has 1 heterocycles. The molecule has 2 aromatic rings. The Hall–Kier alpha value is -1.36. The number of nitrogens with two attached hydrogens (primary N) is 1. The Morgan fingerprint density at radius 3 is 2.55 bits per heavy atom. The van der Waals surface area contributed by atoms with E-state index in [1.807, 2.05) is 43.5 Å². The lowest BCUT2D eigenvalue weighted by atomic mass is 9.90. The summed E-state index contributed by atoms with van der Waals surface area (Å²) in [6.07, 6.45) is -0.576. The second-order valence-electron chi connectivity index (χ2n) is 4.98. The normalized spacial score (nSPS) is 14.1. The summed E-state index contributed by atoms with van der Waals surface area (Å²) in [5, 5.41) is 12.6. The molecule has 0 radical (unpaired) electrons. The van der Waals surface area contributed by atoms with E-state index in [-0.39, 0.29) is 5.92 Å². The lowest BCUT2D eigenvalue weighted by molar-refractivity contribution is 0.150. The Balaban J connectivity index is 2.35. The van der Waals surface area contributed by atoms with Crippen LogP contribution in [-0.2, 0) is 0 Å². The highest BCUT2D eigenvalue weighted by Crippen LogP contribution is 2.36. The van der Waals surface area contributed by atoms with Gasteiger partial charge in [0.2, 0.25) is 0 Å². The predicted octanol–water partition coefficient (Wildman–Crippen LogP) is 3.15. The van der Waals surface area contributed by atoms with E-state index >= 15 is 0 Å². The molecule has 0 aliphatic heterocycles. The highest BCUT2D eigenvalue weighted by Gasteiger charge is 2.24. The lowest BCUT2D eigenvalue weighted by Gasteiger charge is -2.22. The molecule has 108 valence electrons. The zero-order valence-corrected chi connectivity index (χ0v) is 12.9. The molecule has 0 saturated heterocycles. The summed E-state index contributed by atoms with van der Waals surface area (Å²) in [6, 6.07) is 8.01. The Morgan fingerprint density at radius 1 is 1.25 bits per heavy atom. The van der Waals surface area contributed by atoms with Gasteiger partial charge in [-0.3, -0.25) is 0 Å². The van der Waals surface area contributed by atoms with E-state index in [0.717, 1.165) is 27.3 Å². The fourth-order valence-corrected chi connectivity index (χ4v) is 3.36. The van der Waals surface area contributed by atoms with Crippen LogP contribution in [0.2, 0.25) is 0 Å². The van der Waals surface area contributed by atoms with Gasteiger partial charge in [-0.25, -0.2) is 0 Å². The van der Waals surface area contributed by atoms with Crippen LogP contribution < -0.4 is 10.5 Å². The first-order valence-electron chi connectivity index (χ1n) is 6.65. The van der Waals surface area contributed by atoms with Crippen LogP contribution in [0.5, 0.6) is 5.75 Å². The molecule has 0 spiro atoms. The number of thiophene rings is 1. The molecule has 20 heavy (non-hydrogen) atoms. The van der Waals surface area contributed by atoms with Gasteiger partial charge in [0.05, 0.1) is 13.2 Å². The number of aryl methyl sites for hydroxylation is 2. The molecule has 0 amide bonds. The molecule has 2 unspecified atom stereocenters. The van der Waals surface area contributed by atoms with Crippen molar-refractivity contribution in [3.63, 3.8) is 0 Å². The summed E-state index contributed by atoms with van der Waals surface area (Å²) in [6.45, 7) is 4.41. The number of aliphatic hydroxyl groups is 1. The minimum absolute atomic E-state index is 0.123. The SMILES string of the molecule is COc1cc(C(CN)C(O)c2sccc2C)ccc1C. The molecule has 0 saturated carbocycles. The van der Waals surface area contributed by atoms with Crippen molar-refractivity contribution in [2.45, 2.75) is 25.9 Å². The molecule has 1 aromatic carbocycles. The maximum absolute atomic E-state index is 10.6. The molecule has 1 aromatic heterocycles. The van der Waals surface area contributed by atoms with Crippen molar-refractivity contribution < 1.29 is 9.84 Å². The van der Waals surface area contributed by atoms with Crippen LogP contribution >= 0.6 is 11.3 Å². The smallest absolute Gasteiger partial charge is 0.122 e. The maximum Gasteiger partial charge on any atom is 0.122 e. The third-order valence-corrected chi connectivity index (χ3v) is 4.76. The molecule has 0 aliphatic rings. The van der Waals surface area contributed by atoms with Gasteiger partial charge in [0.25, 0.3) is 0 Å². The van der Waals surface area contributed by atoms with Gasteiger partial charge in [0.1, 0.15) is 5.75 Å². The Kier molecular flexibility index (Phi) is 4.81. The Morgan fingerprint density at radius 2 is 2.00 bits per heavy atom. The van der Waals surface area contributed by atoms with E-state index in [0.29, 0.717) is 6.54 Å². The molecule has 3 N–H and O–H groups in total. The van der Waals surface area contributed by atoms with Crippen molar-refractivity contribution in [2.75, 3.05) is 13.7 Å². The van der Waals surface area contributed by atoms with Crippen LogP contribution in [0.15, 0.2) is 29.6 Å². The van der Waals surface area contributed by atoms with Gasteiger partial charge in [-0.1, -0.05) is 12.1 Å². The highest BCUT2D eigenvalue weighted by atomic mass is 32.1. The van der Waals surface area contributed by atoms with Crippen LogP contribution in [0, 0.1) is 13.8 Å². The summed E-state index contributed by atoms with van der Waals surface area (Å²) >= 11 is 1.57. The lowest BCUT2D eigenvalue weighted by Crippen LogP contribution is -2.20. The minimum atomic E-state index is -0.576. The molecule has 0 fully saturated rings. The fraction of sp³-hybridized carbons (Fsp3) is 0.375. The number of ether oxygens (including phenoxy) is 1. The molecule has 2 rings (SSSR count).